The SMILES string of the molecule is CC(=O)c1cc2c(cc1NC(=O)NS(=O)(=O)c1ccc(C)cc1)OCO2. The maximum Gasteiger partial charge on any atom is 0.333 e. The third kappa shape index (κ3) is 3.62. The standard InChI is InChI=1S/C17H16N2O6S/c1-10-3-5-12(6-4-10)26(22,23)19-17(21)18-14-8-16-15(24-9-25-16)7-13(14)11(2)20/h3-8H,9H2,1-2H3,(H2,18,19,21). The monoisotopic (exact) mass is 376 g/mol. The first kappa shape index (κ1) is 17.7. The minimum Gasteiger partial charge on any atom is -0.454 e. The Balaban J connectivity index is 1.82. The number of hydrogen-bond donors (Lipinski definition) is 2. The van der Waals surface area contributed by atoms with Crippen molar-refractivity contribution < 1.29 is 27.5 Å². The molecule has 1 aliphatic rings. The van der Waals surface area contributed by atoms with Crippen LogP contribution in [0.25, 0.3) is 0 Å². The van der Waals surface area contributed by atoms with E-state index >= 15 is 0 Å². The molecular formula is C17H16N2O6S. The number of benzene rings is 2. The predicted molar refractivity (Wildman–Crippen MR) is 93.1 cm³/mol. The summed E-state index contributed by atoms with van der Waals surface area (Å²) in [6.07, 6.45) is 0. The van der Waals surface area contributed by atoms with Gasteiger partial charge >= 0.3 is 6.03 Å². The summed E-state index contributed by atoms with van der Waals surface area (Å²) in [7, 11) is -4.04. The zero-order valence-corrected chi connectivity index (χ0v) is 14.8. The Kier molecular flexibility index (Phi) is 4.56. The van der Waals surface area contributed by atoms with Crippen molar-refractivity contribution in [2.75, 3.05) is 12.1 Å². The highest BCUT2D eigenvalue weighted by Crippen LogP contribution is 2.37. The molecule has 0 fully saturated rings. The number of sulfonamides is 1. The molecule has 0 aromatic heterocycles. The van der Waals surface area contributed by atoms with Crippen molar-refractivity contribution in [2.24, 2.45) is 0 Å². The zero-order valence-electron chi connectivity index (χ0n) is 14.0. The van der Waals surface area contributed by atoms with Gasteiger partial charge in [0.1, 0.15) is 0 Å². The number of ketones is 1. The van der Waals surface area contributed by atoms with E-state index in [9.17, 15) is 18.0 Å². The number of rotatable bonds is 4. The molecule has 1 heterocycles. The molecule has 0 spiro atoms. The van der Waals surface area contributed by atoms with Crippen LogP contribution in [0.5, 0.6) is 11.5 Å². The number of aryl methyl sites for hydroxylation is 1. The summed E-state index contributed by atoms with van der Waals surface area (Å²) in [4.78, 5) is 23.9. The summed E-state index contributed by atoms with van der Waals surface area (Å²) in [5.41, 5.74) is 1.19. The fourth-order valence-corrected chi connectivity index (χ4v) is 3.29. The van der Waals surface area contributed by atoms with E-state index in [4.69, 9.17) is 9.47 Å². The van der Waals surface area contributed by atoms with Crippen LogP contribution < -0.4 is 19.5 Å². The number of amides is 2. The van der Waals surface area contributed by atoms with Gasteiger partial charge in [-0.3, -0.25) is 4.79 Å². The van der Waals surface area contributed by atoms with E-state index in [1.54, 1.807) is 12.1 Å². The van der Waals surface area contributed by atoms with E-state index in [1.807, 2.05) is 11.6 Å². The maximum atomic E-state index is 12.3. The van der Waals surface area contributed by atoms with Gasteiger partial charge in [-0.2, -0.15) is 0 Å². The summed E-state index contributed by atoms with van der Waals surface area (Å²) < 4.78 is 36.9. The first-order valence-corrected chi connectivity index (χ1v) is 9.09. The Hall–Kier alpha value is -3.07. The Morgan fingerprint density at radius 3 is 2.27 bits per heavy atom. The third-order valence-electron chi connectivity index (χ3n) is 3.70. The first-order chi connectivity index (χ1) is 12.3. The van der Waals surface area contributed by atoms with Crippen molar-refractivity contribution in [3.63, 3.8) is 0 Å². The molecule has 9 heteroatoms. The molecule has 136 valence electrons. The van der Waals surface area contributed by atoms with E-state index in [-0.39, 0.29) is 28.7 Å². The van der Waals surface area contributed by atoms with Crippen LogP contribution in [0.1, 0.15) is 22.8 Å². The number of urea groups is 1. The number of carbonyl (C=O) groups excluding carboxylic acids is 2. The quantitative estimate of drug-likeness (QED) is 0.793. The van der Waals surface area contributed by atoms with Gasteiger partial charge < -0.3 is 14.8 Å². The second-order valence-corrected chi connectivity index (χ2v) is 7.36. The molecule has 0 atom stereocenters. The molecule has 26 heavy (non-hydrogen) atoms. The van der Waals surface area contributed by atoms with Gasteiger partial charge in [0.2, 0.25) is 6.79 Å². The van der Waals surface area contributed by atoms with E-state index < -0.39 is 16.1 Å². The summed E-state index contributed by atoms with van der Waals surface area (Å²) in [5, 5.41) is 2.37. The van der Waals surface area contributed by atoms with E-state index in [2.05, 4.69) is 5.32 Å². The summed E-state index contributed by atoms with van der Waals surface area (Å²) in [6, 6.07) is 7.90. The average molecular weight is 376 g/mol. The molecule has 0 aliphatic carbocycles. The fourth-order valence-electron chi connectivity index (χ4n) is 2.38. The van der Waals surface area contributed by atoms with Crippen LogP contribution in [0, 0.1) is 6.92 Å². The van der Waals surface area contributed by atoms with Gasteiger partial charge in [0.15, 0.2) is 17.3 Å². The number of Topliss-reactive ketones (excluding diaryl/α,β-unsaturated/α-hetero) is 1. The molecule has 0 unspecified atom stereocenters. The van der Waals surface area contributed by atoms with Gasteiger partial charge in [0.05, 0.1) is 10.6 Å². The number of nitrogens with one attached hydrogen (secondary N) is 2. The van der Waals surface area contributed by atoms with E-state index in [0.717, 1.165) is 5.56 Å². The van der Waals surface area contributed by atoms with Crippen molar-refractivity contribution in [1.82, 2.24) is 4.72 Å². The number of hydrogen-bond acceptors (Lipinski definition) is 6. The normalized spacial score (nSPS) is 12.5. The molecule has 0 saturated carbocycles. The van der Waals surface area contributed by atoms with Crippen molar-refractivity contribution in [2.45, 2.75) is 18.7 Å². The van der Waals surface area contributed by atoms with Crippen molar-refractivity contribution >= 4 is 27.5 Å². The number of fused-ring (bicyclic) bond motifs is 1. The molecule has 1 aliphatic heterocycles. The lowest BCUT2D eigenvalue weighted by atomic mass is 10.1. The first-order valence-electron chi connectivity index (χ1n) is 7.61. The fraction of sp³-hybridized carbons (Fsp3) is 0.176. The Labute approximate surface area is 150 Å². The molecule has 0 bridgehead atoms. The molecule has 2 aromatic carbocycles. The topological polar surface area (TPSA) is 111 Å². The van der Waals surface area contributed by atoms with Crippen molar-refractivity contribution in [3.8, 4) is 11.5 Å². The Morgan fingerprint density at radius 2 is 1.65 bits per heavy atom. The number of ether oxygens (including phenoxy) is 2. The lowest BCUT2D eigenvalue weighted by Crippen LogP contribution is -2.34. The van der Waals surface area contributed by atoms with Gasteiger partial charge in [0.25, 0.3) is 10.0 Å². The van der Waals surface area contributed by atoms with Crippen LogP contribution in [0.15, 0.2) is 41.3 Å². The van der Waals surface area contributed by atoms with Crippen LogP contribution in [0.4, 0.5) is 10.5 Å². The highest BCUT2D eigenvalue weighted by atomic mass is 32.2. The Morgan fingerprint density at radius 1 is 1.04 bits per heavy atom. The third-order valence-corrected chi connectivity index (χ3v) is 5.05. The molecule has 3 rings (SSSR count). The predicted octanol–water partition coefficient (Wildman–Crippen LogP) is 2.44. The van der Waals surface area contributed by atoms with Crippen LogP contribution in [0.2, 0.25) is 0 Å². The highest BCUT2D eigenvalue weighted by Gasteiger charge is 2.22. The van der Waals surface area contributed by atoms with Gasteiger partial charge in [-0.05, 0) is 32.0 Å². The second kappa shape index (κ2) is 6.68. The summed E-state index contributed by atoms with van der Waals surface area (Å²) >= 11 is 0. The minimum absolute atomic E-state index is 0.00410. The molecule has 2 N–H and O–H groups in total. The number of anilines is 1. The molecule has 8 nitrogen and oxygen atoms in total. The maximum absolute atomic E-state index is 12.3. The molecular weight excluding hydrogens is 360 g/mol. The molecule has 2 aromatic rings. The number of carbonyl (C=O) groups is 2. The summed E-state index contributed by atoms with van der Waals surface area (Å²) in [6.45, 7) is 3.15. The van der Waals surface area contributed by atoms with E-state index in [0.29, 0.717) is 11.5 Å². The lowest BCUT2D eigenvalue weighted by Gasteiger charge is -2.12. The van der Waals surface area contributed by atoms with Crippen molar-refractivity contribution in [3.05, 3.63) is 47.5 Å². The molecule has 0 radical (unpaired) electrons. The van der Waals surface area contributed by atoms with Crippen LogP contribution in [0.3, 0.4) is 0 Å². The van der Waals surface area contributed by atoms with Gasteiger partial charge in [-0.1, -0.05) is 17.7 Å². The zero-order chi connectivity index (χ0) is 18.9. The van der Waals surface area contributed by atoms with Gasteiger partial charge in [-0.15, -0.1) is 0 Å². The lowest BCUT2D eigenvalue weighted by molar-refractivity contribution is 0.101. The average Bonchev–Trinajstić information content (AvgIpc) is 3.01. The second-order valence-electron chi connectivity index (χ2n) is 5.68. The van der Waals surface area contributed by atoms with Crippen LogP contribution >= 0.6 is 0 Å². The molecule has 2 amide bonds. The summed E-state index contributed by atoms with van der Waals surface area (Å²) in [5.74, 6) is 0.417. The van der Waals surface area contributed by atoms with Crippen LogP contribution in [-0.2, 0) is 10.0 Å². The largest absolute Gasteiger partial charge is 0.454 e. The van der Waals surface area contributed by atoms with E-state index in [1.165, 1.54) is 31.2 Å². The van der Waals surface area contributed by atoms with Crippen molar-refractivity contribution in [1.29, 1.82) is 0 Å². The van der Waals surface area contributed by atoms with Crippen LogP contribution in [-0.4, -0.2) is 27.0 Å². The molecule has 0 saturated heterocycles. The highest BCUT2D eigenvalue weighted by molar-refractivity contribution is 7.90. The van der Waals surface area contributed by atoms with Gasteiger partial charge in [-0.25, -0.2) is 17.9 Å². The minimum atomic E-state index is -4.04. The Bertz CT molecular complexity index is 983. The van der Waals surface area contributed by atoms with Gasteiger partial charge in [0, 0.05) is 11.6 Å². The smallest absolute Gasteiger partial charge is 0.333 e.